The van der Waals surface area contributed by atoms with Crippen LogP contribution in [0.25, 0.3) is 0 Å². The topological polar surface area (TPSA) is 62.6 Å². The van der Waals surface area contributed by atoms with Crippen LogP contribution in [-0.2, 0) is 4.79 Å². The van der Waals surface area contributed by atoms with E-state index in [4.69, 9.17) is 4.42 Å². The highest BCUT2D eigenvalue weighted by atomic mass is 16.3. The molecule has 0 fully saturated rings. The number of nitrogens with one attached hydrogen (secondary N) is 1. The molecular formula is C17H20N2O3. The molecule has 0 radical (unpaired) electrons. The molecule has 0 aliphatic carbocycles. The number of carbonyl (C=O) groups is 2. The molecule has 5 nitrogen and oxygen atoms in total. The van der Waals surface area contributed by atoms with Crippen molar-refractivity contribution in [3.8, 4) is 0 Å². The Bertz CT molecular complexity index is 704. The van der Waals surface area contributed by atoms with Crippen molar-refractivity contribution < 1.29 is 14.0 Å². The van der Waals surface area contributed by atoms with E-state index < -0.39 is 0 Å². The summed E-state index contributed by atoms with van der Waals surface area (Å²) < 4.78 is 5.12. The summed E-state index contributed by atoms with van der Waals surface area (Å²) in [5.41, 5.74) is 3.30. The van der Waals surface area contributed by atoms with Gasteiger partial charge in [-0.1, -0.05) is 12.1 Å². The molecule has 0 saturated carbocycles. The molecule has 0 bridgehead atoms. The molecule has 1 aromatic heterocycles. The van der Waals surface area contributed by atoms with Gasteiger partial charge in [0.2, 0.25) is 5.91 Å². The van der Waals surface area contributed by atoms with Gasteiger partial charge in [0.05, 0.1) is 18.4 Å². The molecule has 0 spiro atoms. The smallest absolute Gasteiger partial charge is 0.257 e. The zero-order chi connectivity index (χ0) is 16.3. The summed E-state index contributed by atoms with van der Waals surface area (Å²) in [5, 5.41) is 2.84. The zero-order valence-electron chi connectivity index (χ0n) is 13.3. The molecular weight excluding hydrogens is 280 g/mol. The molecule has 0 atom stereocenters. The molecule has 22 heavy (non-hydrogen) atoms. The fourth-order valence-electron chi connectivity index (χ4n) is 2.16. The SMILES string of the molecule is Cc1ccc(C)c(NC(=O)CN(C)C(=O)c2ccoc2C)c1. The minimum absolute atomic E-state index is 0.0170. The quantitative estimate of drug-likeness (QED) is 0.944. The number of amides is 2. The second-order valence-electron chi connectivity index (χ2n) is 5.42. The minimum Gasteiger partial charge on any atom is -0.469 e. The van der Waals surface area contributed by atoms with Crippen molar-refractivity contribution in [1.29, 1.82) is 0 Å². The van der Waals surface area contributed by atoms with Crippen LogP contribution in [-0.4, -0.2) is 30.3 Å². The molecule has 5 heteroatoms. The third kappa shape index (κ3) is 3.55. The minimum atomic E-state index is -0.234. The Morgan fingerprint density at radius 1 is 1.18 bits per heavy atom. The Hall–Kier alpha value is -2.56. The summed E-state index contributed by atoms with van der Waals surface area (Å²) in [5.74, 6) is 0.0832. The number of carbonyl (C=O) groups excluding carboxylic acids is 2. The average Bonchev–Trinajstić information content (AvgIpc) is 2.88. The molecule has 116 valence electrons. The molecule has 1 N–H and O–H groups in total. The number of likely N-dealkylation sites (N-methyl/N-ethyl adjacent to an activating group) is 1. The first-order chi connectivity index (χ1) is 10.4. The maximum atomic E-state index is 12.2. The standard InChI is InChI=1S/C17H20N2O3/c1-11-5-6-12(2)15(9-11)18-16(20)10-19(4)17(21)14-7-8-22-13(14)3/h5-9H,10H2,1-4H3,(H,18,20). The fourth-order valence-corrected chi connectivity index (χ4v) is 2.16. The van der Waals surface area contributed by atoms with Crippen molar-refractivity contribution in [1.82, 2.24) is 4.90 Å². The summed E-state index contributed by atoms with van der Waals surface area (Å²) in [6.07, 6.45) is 1.46. The Kier molecular flexibility index (Phi) is 4.65. The van der Waals surface area contributed by atoms with Crippen LogP contribution in [0.15, 0.2) is 34.9 Å². The highest BCUT2D eigenvalue weighted by molar-refractivity contribution is 5.99. The van der Waals surface area contributed by atoms with Crippen LogP contribution in [0.2, 0.25) is 0 Å². The van der Waals surface area contributed by atoms with Gasteiger partial charge in [-0.25, -0.2) is 0 Å². The number of hydrogen-bond acceptors (Lipinski definition) is 3. The second kappa shape index (κ2) is 6.47. The van der Waals surface area contributed by atoms with Gasteiger partial charge >= 0.3 is 0 Å². The van der Waals surface area contributed by atoms with Crippen molar-refractivity contribution >= 4 is 17.5 Å². The van der Waals surface area contributed by atoms with Gasteiger partial charge in [-0.3, -0.25) is 9.59 Å². The Morgan fingerprint density at radius 3 is 2.55 bits per heavy atom. The Balaban J connectivity index is 2.01. The highest BCUT2D eigenvalue weighted by Gasteiger charge is 2.18. The van der Waals surface area contributed by atoms with Gasteiger partial charge in [0.25, 0.3) is 5.91 Å². The van der Waals surface area contributed by atoms with E-state index in [2.05, 4.69) is 5.32 Å². The van der Waals surface area contributed by atoms with Gasteiger partial charge in [0.15, 0.2) is 0 Å². The molecule has 1 aromatic carbocycles. The normalized spacial score (nSPS) is 10.4. The van der Waals surface area contributed by atoms with Crippen LogP contribution < -0.4 is 5.32 Å². The first-order valence-electron chi connectivity index (χ1n) is 7.05. The average molecular weight is 300 g/mol. The maximum absolute atomic E-state index is 12.2. The van der Waals surface area contributed by atoms with Crippen molar-refractivity contribution in [3.05, 3.63) is 53.0 Å². The van der Waals surface area contributed by atoms with Gasteiger partial charge in [0, 0.05) is 12.7 Å². The number of aryl methyl sites for hydroxylation is 3. The molecule has 0 unspecified atom stereocenters. The summed E-state index contributed by atoms with van der Waals surface area (Å²) >= 11 is 0. The van der Waals surface area contributed by atoms with Gasteiger partial charge in [0.1, 0.15) is 5.76 Å². The highest BCUT2D eigenvalue weighted by Crippen LogP contribution is 2.16. The number of rotatable bonds is 4. The van der Waals surface area contributed by atoms with Gasteiger partial charge < -0.3 is 14.6 Å². The monoisotopic (exact) mass is 300 g/mol. The summed E-state index contributed by atoms with van der Waals surface area (Å²) in [4.78, 5) is 25.7. The van der Waals surface area contributed by atoms with E-state index in [0.29, 0.717) is 11.3 Å². The summed E-state index contributed by atoms with van der Waals surface area (Å²) in [6.45, 7) is 5.60. The van der Waals surface area contributed by atoms with E-state index >= 15 is 0 Å². The van der Waals surface area contributed by atoms with Crippen LogP contribution in [0.3, 0.4) is 0 Å². The molecule has 2 amide bonds. The number of nitrogens with zero attached hydrogens (tertiary/aromatic N) is 1. The van der Waals surface area contributed by atoms with Crippen LogP contribution >= 0.6 is 0 Å². The zero-order valence-corrected chi connectivity index (χ0v) is 13.3. The molecule has 2 aromatic rings. The first-order valence-corrected chi connectivity index (χ1v) is 7.05. The largest absolute Gasteiger partial charge is 0.469 e. The lowest BCUT2D eigenvalue weighted by atomic mass is 10.1. The molecule has 0 aliphatic heterocycles. The Labute approximate surface area is 129 Å². The van der Waals surface area contributed by atoms with Gasteiger partial charge in [-0.05, 0) is 44.0 Å². The first kappa shape index (κ1) is 15.8. The lowest BCUT2D eigenvalue weighted by molar-refractivity contribution is -0.116. The third-order valence-corrected chi connectivity index (χ3v) is 3.48. The summed E-state index contributed by atoms with van der Waals surface area (Å²) in [6, 6.07) is 7.46. The number of furan rings is 1. The van der Waals surface area contributed by atoms with Crippen LogP contribution in [0, 0.1) is 20.8 Å². The van der Waals surface area contributed by atoms with E-state index in [1.54, 1.807) is 20.0 Å². The molecule has 2 rings (SSSR count). The number of hydrogen-bond donors (Lipinski definition) is 1. The van der Waals surface area contributed by atoms with E-state index in [9.17, 15) is 9.59 Å². The lowest BCUT2D eigenvalue weighted by Gasteiger charge is -2.17. The van der Waals surface area contributed by atoms with E-state index in [1.807, 2.05) is 32.0 Å². The van der Waals surface area contributed by atoms with Crippen LogP contribution in [0.1, 0.15) is 27.2 Å². The second-order valence-corrected chi connectivity index (χ2v) is 5.42. The maximum Gasteiger partial charge on any atom is 0.257 e. The van der Waals surface area contributed by atoms with E-state index in [1.165, 1.54) is 11.2 Å². The van der Waals surface area contributed by atoms with Gasteiger partial charge in [-0.2, -0.15) is 0 Å². The van der Waals surface area contributed by atoms with Crippen molar-refractivity contribution in [2.75, 3.05) is 18.9 Å². The third-order valence-electron chi connectivity index (χ3n) is 3.48. The number of anilines is 1. The molecule has 1 heterocycles. The van der Waals surface area contributed by atoms with E-state index in [-0.39, 0.29) is 18.4 Å². The predicted molar refractivity (Wildman–Crippen MR) is 85.0 cm³/mol. The molecule has 0 saturated heterocycles. The summed E-state index contributed by atoms with van der Waals surface area (Å²) in [7, 11) is 1.59. The van der Waals surface area contributed by atoms with Crippen molar-refractivity contribution in [2.45, 2.75) is 20.8 Å². The van der Waals surface area contributed by atoms with Crippen molar-refractivity contribution in [3.63, 3.8) is 0 Å². The fraction of sp³-hybridized carbons (Fsp3) is 0.294. The Morgan fingerprint density at radius 2 is 1.91 bits per heavy atom. The van der Waals surface area contributed by atoms with Crippen LogP contribution in [0.4, 0.5) is 5.69 Å². The van der Waals surface area contributed by atoms with Crippen LogP contribution in [0.5, 0.6) is 0 Å². The van der Waals surface area contributed by atoms with E-state index in [0.717, 1.165) is 16.8 Å². The predicted octanol–water partition coefficient (Wildman–Crippen LogP) is 2.92. The van der Waals surface area contributed by atoms with Gasteiger partial charge in [-0.15, -0.1) is 0 Å². The number of benzene rings is 1. The molecule has 0 aliphatic rings. The van der Waals surface area contributed by atoms with Crippen molar-refractivity contribution in [2.24, 2.45) is 0 Å². The lowest BCUT2D eigenvalue weighted by Crippen LogP contribution is -2.35.